The molecule has 0 spiro atoms. The van der Waals surface area contributed by atoms with Gasteiger partial charge < -0.3 is 20.7 Å². The number of carbonyl (C=O) groups is 2. The minimum absolute atomic E-state index is 0.0993. The number of nitrogens with zero attached hydrogens (tertiary/aromatic N) is 1. The lowest BCUT2D eigenvalue weighted by Gasteiger charge is -2.40. The van der Waals surface area contributed by atoms with E-state index in [0.717, 1.165) is 18.8 Å². The van der Waals surface area contributed by atoms with Crippen LogP contribution in [-0.2, 0) is 9.53 Å². The van der Waals surface area contributed by atoms with Gasteiger partial charge in [0.1, 0.15) is 0 Å². The molecule has 2 rings (SSSR count). The molecule has 3 N–H and O–H groups in total. The summed E-state index contributed by atoms with van der Waals surface area (Å²) in [5.41, 5.74) is 5.64. The summed E-state index contributed by atoms with van der Waals surface area (Å²) in [6.45, 7) is 8.05. The maximum absolute atomic E-state index is 12.4. The molecule has 3 amide bonds. The molecule has 6 nitrogen and oxygen atoms in total. The van der Waals surface area contributed by atoms with Gasteiger partial charge in [0.05, 0.1) is 13.2 Å². The molecule has 1 saturated carbocycles. The fourth-order valence-corrected chi connectivity index (χ4v) is 3.58. The zero-order valence-electron chi connectivity index (χ0n) is 14.6. The van der Waals surface area contributed by atoms with Crippen LogP contribution < -0.4 is 11.1 Å². The summed E-state index contributed by atoms with van der Waals surface area (Å²) in [5.74, 6) is 0.230. The standard InChI is InChI=1S/C17H31N3O3/c1-4-17(2,3)12-5-7-13(8-6-12)19-16(22)20-9-10-23-14(11-20)15(18)21/h12-14H,4-11H2,1-3H3,(H2,18,21)(H,19,22)/t12?,13?,14-/m0/s1. The van der Waals surface area contributed by atoms with Gasteiger partial charge in [0.15, 0.2) is 6.10 Å². The number of rotatable bonds is 4. The van der Waals surface area contributed by atoms with Crippen molar-refractivity contribution >= 4 is 11.9 Å². The zero-order valence-corrected chi connectivity index (χ0v) is 14.6. The number of morpholine rings is 1. The topological polar surface area (TPSA) is 84.7 Å². The molecule has 0 aromatic heterocycles. The van der Waals surface area contributed by atoms with Crippen LogP contribution in [0.15, 0.2) is 0 Å². The number of urea groups is 1. The van der Waals surface area contributed by atoms with Crippen LogP contribution in [0.25, 0.3) is 0 Å². The number of nitrogens with one attached hydrogen (secondary N) is 1. The molecule has 23 heavy (non-hydrogen) atoms. The molecule has 132 valence electrons. The van der Waals surface area contributed by atoms with Crippen LogP contribution in [0.2, 0.25) is 0 Å². The van der Waals surface area contributed by atoms with E-state index >= 15 is 0 Å². The normalized spacial score (nSPS) is 29.2. The molecule has 0 bridgehead atoms. The first kappa shape index (κ1) is 18.0. The number of amides is 3. The van der Waals surface area contributed by atoms with E-state index in [9.17, 15) is 9.59 Å². The first-order valence-corrected chi connectivity index (χ1v) is 8.80. The van der Waals surface area contributed by atoms with Crippen molar-refractivity contribution in [2.24, 2.45) is 17.1 Å². The van der Waals surface area contributed by atoms with Gasteiger partial charge in [0, 0.05) is 12.6 Å². The molecule has 0 unspecified atom stereocenters. The predicted octanol–water partition coefficient (Wildman–Crippen LogP) is 1.88. The average Bonchev–Trinajstić information content (AvgIpc) is 2.55. The maximum Gasteiger partial charge on any atom is 0.317 e. The number of hydrogen-bond acceptors (Lipinski definition) is 3. The highest BCUT2D eigenvalue weighted by molar-refractivity contribution is 5.81. The number of primary amides is 1. The SMILES string of the molecule is CCC(C)(C)C1CCC(NC(=O)N2CCO[C@H](C(N)=O)C2)CC1. The monoisotopic (exact) mass is 325 g/mol. The molecule has 2 aliphatic rings. The Balaban J connectivity index is 1.80. The van der Waals surface area contributed by atoms with Crippen molar-refractivity contribution in [3.05, 3.63) is 0 Å². The summed E-state index contributed by atoms with van der Waals surface area (Å²) in [6.07, 6.45) is 4.90. The van der Waals surface area contributed by atoms with Gasteiger partial charge >= 0.3 is 6.03 Å². The van der Waals surface area contributed by atoms with Crippen molar-refractivity contribution in [1.29, 1.82) is 0 Å². The minimum Gasteiger partial charge on any atom is -0.367 e. The van der Waals surface area contributed by atoms with E-state index in [-0.39, 0.29) is 18.6 Å². The van der Waals surface area contributed by atoms with Crippen LogP contribution in [0.5, 0.6) is 0 Å². The van der Waals surface area contributed by atoms with Gasteiger partial charge in [-0.3, -0.25) is 4.79 Å². The lowest BCUT2D eigenvalue weighted by atomic mass is 9.69. The van der Waals surface area contributed by atoms with E-state index < -0.39 is 12.0 Å². The lowest BCUT2D eigenvalue weighted by Crippen LogP contribution is -2.55. The summed E-state index contributed by atoms with van der Waals surface area (Å²) < 4.78 is 5.28. The van der Waals surface area contributed by atoms with E-state index in [1.807, 2.05) is 0 Å². The molecule has 1 aliphatic carbocycles. The first-order chi connectivity index (χ1) is 10.8. The second-order valence-electron chi connectivity index (χ2n) is 7.55. The second kappa shape index (κ2) is 7.51. The van der Waals surface area contributed by atoms with Crippen molar-refractivity contribution in [2.45, 2.75) is 65.0 Å². The van der Waals surface area contributed by atoms with E-state index in [1.54, 1.807) is 4.90 Å². The van der Waals surface area contributed by atoms with E-state index in [2.05, 4.69) is 26.1 Å². The highest BCUT2D eigenvalue weighted by Gasteiger charge is 2.33. The molecule has 1 saturated heterocycles. The fraction of sp³-hybridized carbons (Fsp3) is 0.882. The summed E-state index contributed by atoms with van der Waals surface area (Å²) in [4.78, 5) is 25.2. The molecule has 1 aliphatic heterocycles. The molecule has 0 radical (unpaired) electrons. The largest absolute Gasteiger partial charge is 0.367 e. The molecule has 1 heterocycles. The van der Waals surface area contributed by atoms with Crippen LogP contribution in [0.3, 0.4) is 0 Å². The van der Waals surface area contributed by atoms with Crippen molar-refractivity contribution in [3.63, 3.8) is 0 Å². The van der Waals surface area contributed by atoms with Crippen LogP contribution in [0.4, 0.5) is 4.79 Å². The van der Waals surface area contributed by atoms with Gasteiger partial charge in [-0.1, -0.05) is 27.2 Å². The van der Waals surface area contributed by atoms with Crippen molar-refractivity contribution < 1.29 is 14.3 Å². The number of carbonyl (C=O) groups excluding carboxylic acids is 2. The van der Waals surface area contributed by atoms with Crippen LogP contribution in [0, 0.1) is 11.3 Å². The Labute approximate surface area is 139 Å². The summed E-state index contributed by atoms with van der Waals surface area (Å²) in [5, 5.41) is 3.12. The third kappa shape index (κ3) is 4.59. The van der Waals surface area contributed by atoms with Crippen LogP contribution in [0.1, 0.15) is 52.9 Å². The molecule has 6 heteroatoms. The van der Waals surface area contributed by atoms with E-state index in [0.29, 0.717) is 18.6 Å². The van der Waals surface area contributed by atoms with Crippen molar-refractivity contribution in [3.8, 4) is 0 Å². The molecule has 0 aromatic carbocycles. The Hall–Kier alpha value is -1.30. The maximum atomic E-state index is 12.4. The quantitative estimate of drug-likeness (QED) is 0.827. The molecular formula is C17H31N3O3. The van der Waals surface area contributed by atoms with Gasteiger partial charge in [-0.2, -0.15) is 0 Å². The van der Waals surface area contributed by atoms with Gasteiger partial charge in [0.25, 0.3) is 0 Å². The molecule has 2 fully saturated rings. The molecule has 1 atom stereocenters. The Morgan fingerprint density at radius 1 is 1.26 bits per heavy atom. The lowest BCUT2D eigenvalue weighted by molar-refractivity contribution is -0.133. The minimum atomic E-state index is -0.685. The van der Waals surface area contributed by atoms with Gasteiger partial charge in [-0.05, 0) is 37.0 Å². The van der Waals surface area contributed by atoms with Crippen molar-refractivity contribution in [2.75, 3.05) is 19.7 Å². The van der Waals surface area contributed by atoms with Gasteiger partial charge in [-0.25, -0.2) is 4.79 Å². The van der Waals surface area contributed by atoms with Gasteiger partial charge in [0.2, 0.25) is 5.91 Å². The molecule has 0 aromatic rings. The predicted molar refractivity (Wildman–Crippen MR) is 88.9 cm³/mol. The second-order valence-corrected chi connectivity index (χ2v) is 7.55. The highest BCUT2D eigenvalue weighted by atomic mass is 16.5. The Morgan fingerprint density at radius 2 is 1.91 bits per heavy atom. The van der Waals surface area contributed by atoms with E-state index in [4.69, 9.17) is 10.5 Å². The average molecular weight is 325 g/mol. The summed E-state index contributed by atoms with van der Waals surface area (Å²) in [6, 6.07) is 0.138. The number of ether oxygens (including phenoxy) is 1. The number of nitrogens with two attached hydrogens (primary N) is 1. The van der Waals surface area contributed by atoms with Crippen molar-refractivity contribution in [1.82, 2.24) is 10.2 Å². The Morgan fingerprint density at radius 3 is 2.48 bits per heavy atom. The third-order valence-electron chi connectivity index (χ3n) is 5.74. The highest BCUT2D eigenvalue weighted by Crippen LogP contribution is 2.40. The molecular weight excluding hydrogens is 294 g/mol. The Bertz CT molecular complexity index is 431. The van der Waals surface area contributed by atoms with Crippen LogP contribution in [-0.4, -0.2) is 48.7 Å². The zero-order chi connectivity index (χ0) is 17.0. The third-order valence-corrected chi connectivity index (χ3v) is 5.74. The van der Waals surface area contributed by atoms with Gasteiger partial charge in [-0.15, -0.1) is 0 Å². The Kier molecular flexibility index (Phi) is 5.89. The van der Waals surface area contributed by atoms with E-state index in [1.165, 1.54) is 19.3 Å². The fourth-order valence-electron chi connectivity index (χ4n) is 3.58. The summed E-state index contributed by atoms with van der Waals surface area (Å²) >= 11 is 0. The first-order valence-electron chi connectivity index (χ1n) is 8.80. The summed E-state index contributed by atoms with van der Waals surface area (Å²) in [7, 11) is 0. The number of hydrogen-bond donors (Lipinski definition) is 2. The van der Waals surface area contributed by atoms with Crippen LogP contribution >= 0.6 is 0 Å². The smallest absolute Gasteiger partial charge is 0.317 e.